The Morgan fingerprint density at radius 2 is 1.78 bits per heavy atom. The summed E-state index contributed by atoms with van der Waals surface area (Å²) in [7, 11) is 0. The van der Waals surface area contributed by atoms with Gasteiger partial charge in [-0.05, 0) is 11.5 Å². The third-order valence-electron chi connectivity index (χ3n) is 3.67. The second-order valence-corrected chi connectivity index (χ2v) is 6.52. The Hall–Kier alpha value is -2.82. The fourth-order valence-electron chi connectivity index (χ4n) is 2.37. The number of aromatic nitrogens is 2. The first kappa shape index (κ1) is 15.1. The van der Waals surface area contributed by atoms with E-state index in [-0.39, 0.29) is 11.4 Å². The lowest BCUT2D eigenvalue weighted by atomic mass is 9.92. The SMILES string of the molecule is CC(C)(C)c1cc(NC(=O)Nc2cccc3ccccc23)n[nH]1. The molecule has 2 aromatic carbocycles. The summed E-state index contributed by atoms with van der Waals surface area (Å²) in [5.41, 5.74) is 1.70. The highest BCUT2D eigenvalue weighted by molar-refractivity contribution is 6.05. The minimum Gasteiger partial charge on any atom is -0.307 e. The summed E-state index contributed by atoms with van der Waals surface area (Å²) in [4.78, 5) is 12.2. The van der Waals surface area contributed by atoms with Gasteiger partial charge in [0.2, 0.25) is 0 Å². The molecule has 0 atom stereocenters. The van der Waals surface area contributed by atoms with Crippen LogP contribution in [-0.2, 0) is 5.41 Å². The van der Waals surface area contributed by atoms with Crippen LogP contribution in [0.2, 0.25) is 0 Å². The lowest BCUT2D eigenvalue weighted by Crippen LogP contribution is -2.19. The van der Waals surface area contributed by atoms with Gasteiger partial charge >= 0.3 is 6.03 Å². The molecule has 3 rings (SSSR count). The molecule has 0 saturated heterocycles. The molecule has 1 aromatic heterocycles. The molecule has 0 spiro atoms. The number of anilines is 2. The first-order valence-electron chi connectivity index (χ1n) is 7.55. The van der Waals surface area contributed by atoms with Crippen molar-refractivity contribution in [2.24, 2.45) is 0 Å². The van der Waals surface area contributed by atoms with Crippen LogP contribution in [0.4, 0.5) is 16.3 Å². The van der Waals surface area contributed by atoms with Gasteiger partial charge in [0, 0.05) is 22.6 Å². The number of hydrogen-bond acceptors (Lipinski definition) is 2. The number of hydrogen-bond donors (Lipinski definition) is 3. The van der Waals surface area contributed by atoms with Crippen LogP contribution >= 0.6 is 0 Å². The molecule has 0 bridgehead atoms. The Morgan fingerprint density at radius 3 is 2.52 bits per heavy atom. The molecule has 0 aliphatic rings. The second-order valence-electron chi connectivity index (χ2n) is 6.52. The van der Waals surface area contributed by atoms with E-state index >= 15 is 0 Å². The van der Waals surface area contributed by atoms with E-state index in [2.05, 4.69) is 41.6 Å². The molecule has 23 heavy (non-hydrogen) atoms. The average molecular weight is 308 g/mol. The van der Waals surface area contributed by atoms with E-state index in [4.69, 9.17) is 0 Å². The van der Waals surface area contributed by atoms with Crippen molar-refractivity contribution >= 4 is 28.3 Å². The number of nitrogens with one attached hydrogen (secondary N) is 3. The van der Waals surface area contributed by atoms with Gasteiger partial charge in [-0.3, -0.25) is 10.4 Å². The normalized spacial score (nSPS) is 11.4. The zero-order chi connectivity index (χ0) is 16.4. The number of carbonyl (C=O) groups is 1. The molecule has 2 amide bonds. The third-order valence-corrected chi connectivity index (χ3v) is 3.67. The van der Waals surface area contributed by atoms with E-state index in [9.17, 15) is 4.79 Å². The fourth-order valence-corrected chi connectivity index (χ4v) is 2.37. The summed E-state index contributed by atoms with van der Waals surface area (Å²) in [6.45, 7) is 6.25. The van der Waals surface area contributed by atoms with Crippen LogP contribution in [0.25, 0.3) is 10.8 Å². The second kappa shape index (κ2) is 5.76. The molecular formula is C18H20N4O. The Balaban J connectivity index is 1.75. The molecule has 0 fully saturated rings. The first-order valence-corrected chi connectivity index (χ1v) is 7.55. The first-order chi connectivity index (χ1) is 10.9. The van der Waals surface area contributed by atoms with Gasteiger partial charge in [-0.25, -0.2) is 4.79 Å². The van der Waals surface area contributed by atoms with Crippen molar-refractivity contribution in [2.75, 3.05) is 10.6 Å². The highest BCUT2D eigenvalue weighted by atomic mass is 16.2. The Bertz CT molecular complexity index is 840. The quantitative estimate of drug-likeness (QED) is 0.652. The molecule has 118 valence electrons. The van der Waals surface area contributed by atoms with Crippen LogP contribution < -0.4 is 10.6 Å². The number of nitrogens with zero attached hydrogens (tertiary/aromatic N) is 1. The monoisotopic (exact) mass is 308 g/mol. The topological polar surface area (TPSA) is 69.8 Å². The van der Waals surface area contributed by atoms with E-state index in [1.54, 1.807) is 0 Å². The van der Waals surface area contributed by atoms with E-state index in [1.807, 2.05) is 48.5 Å². The molecule has 0 unspecified atom stereocenters. The summed E-state index contributed by atoms with van der Waals surface area (Å²) >= 11 is 0. The van der Waals surface area contributed by atoms with Gasteiger partial charge in [-0.1, -0.05) is 57.2 Å². The van der Waals surface area contributed by atoms with Crippen molar-refractivity contribution in [3.63, 3.8) is 0 Å². The van der Waals surface area contributed by atoms with Crippen molar-refractivity contribution in [3.8, 4) is 0 Å². The minimum atomic E-state index is -0.312. The van der Waals surface area contributed by atoms with Crippen molar-refractivity contribution in [1.82, 2.24) is 10.2 Å². The number of rotatable bonds is 2. The smallest absolute Gasteiger partial charge is 0.307 e. The summed E-state index contributed by atoms with van der Waals surface area (Å²) < 4.78 is 0. The van der Waals surface area contributed by atoms with Gasteiger partial charge in [-0.2, -0.15) is 5.10 Å². The molecule has 0 radical (unpaired) electrons. The number of H-pyrrole nitrogens is 1. The summed E-state index contributed by atoms with van der Waals surface area (Å²) in [6.07, 6.45) is 0. The molecule has 1 heterocycles. The van der Waals surface area contributed by atoms with Crippen LogP contribution in [0.3, 0.4) is 0 Å². The fraction of sp³-hybridized carbons (Fsp3) is 0.222. The van der Waals surface area contributed by atoms with Gasteiger partial charge in [-0.15, -0.1) is 0 Å². The molecule has 3 aromatic rings. The largest absolute Gasteiger partial charge is 0.324 e. The van der Waals surface area contributed by atoms with Crippen LogP contribution in [-0.4, -0.2) is 16.2 Å². The molecule has 5 heteroatoms. The maximum Gasteiger partial charge on any atom is 0.324 e. The molecular weight excluding hydrogens is 288 g/mol. The number of urea groups is 1. The van der Waals surface area contributed by atoms with Crippen molar-refractivity contribution in [3.05, 3.63) is 54.2 Å². The molecule has 0 aliphatic heterocycles. The average Bonchev–Trinajstić information content (AvgIpc) is 2.96. The molecule has 0 saturated carbocycles. The van der Waals surface area contributed by atoms with Crippen LogP contribution in [0.15, 0.2) is 48.5 Å². The Kier molecular flexibility index (Phi) is 3.78. The van der Waals surface area contributed by atoms with Gasteiger partial charge in [0.15, 0.2) is 5.82 Å². The van der Waals surface area contributed by atoms with Crippen molar-refractivity contribution in [2.45, 2.75) is 26.2 Å². The molecule has 0 aliphatic carbocycles. The van der Waals surface area contributed by atoms with Gasteiger partial charge in [0.05, 0.1) is 5.69 Å². The predicted octanol–water partition coefficient (Wildman–Crippen LogP) is 4.50. The number of amides is 2. The highest BCUT2D eigenvalue weighted by Crippen LogP contribution is 2.24. The van der Waals surface area contributed by atoms with Crippen molar-refractivity contribution < 1.29 is 4.79 Å². The van der Waals surface area contributed by atoms with Crippen LogP contribution in [0, 0.1) is 0 Å². The highest BCUT2D eigenvalue weighted by Gasteiger charge is 2.17. The van der Waals surface area contributed by atoms with Crippen LogP contribution in [0.1, 0.15) is 26.5 Å². The zero-order valence-corrected chi connectivity index (χ0v) is 13.5. The molecule has 5 nitrogen and oxygen atoms in total. The van der Waals surface area contributed by atoms with E-state index in [0.29, 0.717) is 5.82 Å². The maximum atomic E-state index is 12.2. The predicted molar refractivity (Wildman–Crippen MR) is 93.9 cm³/mol. The van der Waals surface area contributed by atoms with E-state index in [1.165, 1.54) is 0 Å². The number of aromatic amines is 1. The summed E-state index contributed by atoms with van der Waals surface area (Å²) in [5.74, 6) is 0.507. The van der Waals surface area contributed by atoms with Gasteiger partial charge < -0.3 is 5.32 Å². The number of benzene rings is 2. The summed E-state index contributed by atoms with van der Waals surface area (Å²) in [6, 6.07) is 15.3. The van der Waals surface area contributed by atoms with E-state index in [0.717, 1.165) is 22.2 Å². The minimum absolute atomic E-state index is 0.0426. The Morgan fingerprint density at radius 1 is 1.04 bits per heavy atom. The summed E-state index contributed by atoms with van der Waals surface area (Å²) in [5, 5.41) is 14.8. The lowest BCUT2D eigenvalue weighted by molar-refractivity contribution is 0.262. The van der Waals surface area contributed by atoms with Gasteiger partial charge in [0.25, 0.3) is 0 Å². The number of carbonyl (C=O) groups excluding carboxylic acids is 1. The van der Waals surface area contributed by atoms with Gasteiger partial charge in [0.1, 0.15) is 0 Å². The number of fused-ring (bicyclic) bond motifs is 1. The third kappa shape index (κ3) is 3.34. The maximum absolute atomic E-state index is 12.2. The van der Waals surface area contributed by atoms with Crippen molar-refractivity contribution in [1.29, 1.82) is 0 Å². The Labute approximate surface area is 135 Å². The van der Waals surface area contributed by atoms with E-state index < -0.39 is 0 Å². The molecule has 3 N–H and O–H groups in total. The standard InChI is InChI=1S/C18H20N4O/c1-18(2,3)15-11-16(22-21-15)20-17(23)19-14-10-6-8-12-7-4-5-9-13(12)14/h4-11H,1-3H3,(H3,19,20,21,22,23). The zero-order valence-electron chi connectivity index (χ0n) is 13.5. The lowest BCUT2D eigenvalue weighted by Gasteiger charge is -2.14. The van der Waals surface area contributed by atoms with Crippen LogP contribution in [0.5, 0.6) is 0 Å².